The first-order chi connectivity index (χ1) is 16.0. The summed E-state index contributed by atoms with van der Waals surface area (Å²) in [5.74, 6) is -0.884. The highest BCUT2D eigenvalue weighted by atomic mass is 16.2. The summed E-state index contributed by atoms with van der Waals surface area (Å²) in [7, 11) is 0. The monoisotopic (exact) mass is 441 g/mol. The van der Waals surface area contributed by atoms with Gasteiger partial charge >= 0.3 is 6.03 Å². The van der Waals surface area contributed by atoms with Crippen molar-refractivity contribution < 1.29 is 14.4 Å². The van der Waals surface area contributed by atoms with E-state index in [1.807, 2.05) is 68.4 Å². The summed E-state index contributed by atoms with van der Waals surface area (Å²) in [6, 6.07) is 23.5. The number of amides is 4. The summed E-state index contributed by atoms with van der Waals surface area (Å²) in [6.45, 7) is 3.68. The Labute approximate surface area is 193 Å². The van der Waals surface area contributed by atoms with Crippen molar-refractivity contribution >= 4 is 23.5 Å². The molecule has 33 heavy (non-hydrogen) atoms. The summed E-state index contributed by atoms with van der Waals surface area (Å²) >= 11 is 0. The fourth-order valence-corrected chi connectivity index (χ4v) is 4.38. The van der Waals surface area contributed by atoms with E-state index in [2.05, 4.69) is 10.6 Å². The smallest absolute Gasteiger partial charge is 0.324 e. The maximum Gasteiger partial charge on any atom is 0.326 e. The lowest BCUT2D eigenvalue weighted by atomic mass is 9.82. The maximum atomic E-state index is 13.7. The van der Waals surface area contributed by atoms with E-state index in [0.717, 1.165) is 34.6 Å². The van der Waals surface area contributed by atoms with Gasteiger partial charge in [0.25, 0.3) is 5.91 Å². The van der Waals surface area contributed by atoms with Gasteiger partial charge in [0.05, 0.1) is 0 Å². The van der Waals surface area contributed by atoms with Gasteiger partial charge < -0.3 is 10.6 Å². The number of nitrogens with one attached hydrogen (secondary N) is 2. The Kier molecular flexibility index (Phi) is 6.27. The molecule has 0 aliphatic carbocycles. The van der Waals surface area contributed by atoms with Crippen LogP contribution in [0.3, 0.4) is 0 Å². The van der Waals surface area contributed by atoms with Gasteiger partial charge in [0.1, 0.15) is 6.54 Å². The highest BCUT2D eigenvalue weighted by molar-refractivity contribution is 6.12. The van der Waals surface area contributed by atoms with E-state index in [1.165, 1.54) is 0 Å². The van der Waals surface area contributed by atoms with E-state index in [4.69, 9.17) is 0 Å². The van der Waals surface area contributed by atoms with Crippen molar-refractivity contribution in [3.8, 4) is 0 Å². The molecule has 0 saturated carbocycles. The van der Waals surface area contributed by atoms with Gasteiger partial charge in [-0.3, -0.25) is 14.5 Å². The lowest BCUT2D eigenvalue weighted by Gasteiger charge is -2.28. The van der Waals surface area contributed by atoms with Crippen LogP contribution >= 0.6 is 0 Å². The van der Waals surface area contributed by atoms with Crippen molar-refractivity contribution in [2.24, 2.45) is 0 Å². The molecule has 1 saturated heterocycles. The molecule has 0 atom stereocenters. The second-order valence-corrected chi connectivity index (χ2v) is 8.01. The molecular weight excluding hydrogens is 414 g/mol. The Morgan fingerprint density at radius 3 is 1.82 bits per heavy atom. The molecule has 1 heterocycles. The molecule has 1 aliphatic heterocycles. The lowest BCUT2D eigenvalue weighted by Crippen LogP contribution is -2.45. The zero-order valence-electron chi connectivity index (χ0n) is 18.8. The van der Waals surface area contributed by atoms with E-state index in [9.17, 15) is 14.4 Å². The van der Waals surface area contributed by atoms with Crippen LogP contribution in [-0.2, 0) is 28.0 Å². The van der Waals surface area contributed by atoms with E-state index in [0.29, 0.717) is 11.1 Å². The molecule has 0 spiro atoms. The molecule has 6 heteroatoms. The van der Waals surface area contributed by atoms with Gasteiger partial charge in [-0.2, -0.15) is 0 Å². The van der Waals surface area contributed by atoms with Gasteiger partial charge in [-0.05, 0) is 35.1 Å². The molecule has 2 N–H and O–H groups in total. The molecule has 168 valence electrons. The lowest BCUT2D eigenvalue weighted by molar-refractivity contribution is -0.133. The van der Waals surface area contributed by atoms with E-state index < -0.39 is 23.4 Å². The minimum atomic E-state index is -1.38. The number of urea groups is 1. The molecule has 4 rings (SSSR count). The largest absolute Gasteiger partial charge is 0.326 e. The highest BCUT2D eigenvalue weighted by Gasteiger charge is 2.54. The number of aryl methyl sites for hydroxylation is 2. The number of rotatable bonds is 7. The third-order valence-electron chi connectivity index (χ3n) is 6.08. The molecule has 0 radical (unpaired) electrons. The van der Waals surface area contributed by atoms with Crippen molar-refractivity contribution in [3.05, 3.63) is 101 Å². The van der Waals surface area contributed by atoms with Crippen LogP contribution in [0.25, 0.3) is 0 Å². The van der Waals surface area contributed by atoms with Gasteiger partial charge in [-0.25, -0.2) is 4.79 Å². The number of hydrogen-bond acceptors (Lipinski definition) is 3. The van der Waals surface area contributed by atoms with Crippen LogP contribution in [0.15, 0.2) is 78.9 Å². The Balaban J connectivity index is 1.65. The predicted octanol–water partition coefficient (Wildman–Crippen LogP) is 4.25. The summed E-state index contributed by atoms with van der Waals surface area (Å²) in [5, 5.41) is 5.81. The van der Waals surface area contributed by atoms with Gasteiger partial charge in [0.15, 0.2) is 5.54 Å². The zero-order chi connectivity index (χ0) is 23.4. The normalized spacial score (nSPS) is 14.8. The van der Waals surface area contributed by atoms with Crippen molar-refractivity contribution in [2.75, 3.05) is 11.9 Å². The Hall–Kier alpha value is -3.93. The Morgan fingerprint density at radius 2 is 1.33 bits per heavy atom. The number of hydrogen-bond donors (Lipinski definition) is 2. The topological polar surface area (TPSA) is 78.5 Å². The number of nitrogens with zero attached hydrogens (tertiary/aromatic N) is 1. The van der Waals surface area contributed by atoms with Crippen LogP contribution in [0.1, 0.15) is 36.1 Å². The summed E-state index contributed by atoms with van der Waals surface area (Å²) < 4.78 is 0. The average Bonchev–Trinajstić information content (AvgIpc) is 3.10. The first kappa shape index (κ1) is 22.3. The Bertz CT molecular complexity index is 1110. The maximum absolute atomic E-state index is 13.7. The summed E-state index contributed by atoms with van der Waals surface area (Å²) in [6.07, 6.45) is 1.52. The molecule has 4 amide bonds. The Morgan fingerprint density at radius 1 is 0.818 bits per heavy atom. The molecule has 0 aromatic heterocycles. The van der Waals surface area contributed by atoms with Crippen LogP contribution in [0.5, 0.6) is 0 Å². The average molecular weight is 442 g/mol. The van der Waals surface area contributed by atoms with Gasteiger partial charge in [0.2, 0.25) is 5.91 Å². The zero-order valence-corrected chi connectivity index (χ0v) is 18.8. The molecule has 0 bridgehead atoms. The van der Waals surface area contributed by atoms with Crippen molar-refractivity contribution in [1.82, 2.24) is 10.2 Å². The van der Waals surface area contributed by atoms with Crippen LogP contribution in [-0.4, -0.2) is 29.3 Å². The molecule has 1 fully saturated rings. The minimum Gasteiger partial charge on any atom is -0.324 e. The second-order valence-electron chi connectivity index (χ2n) is 8.01. The van der Waals surface area contributed by atoms with Crippen molar-refractivity contribution in [3.63, 3.8) is 0 Å². The molecule has 3 aromatic carbocycles. The first-order valence-corrected chi connectivity index (χ1v) is 11.2. The van der Waals surface area contributed by atoms with E-state index in [1.54, 1.807) is 24.3 Å². The van der Waals surface area contributed by atoms with E-state index >= 15 is 0 Å². The quantitative estimate of drug-likeness (QED) is 0.538. The first-order valence-electron chi connectivity index (χ1n) is 11.2. The number of imide groups is 1. The fraction of sp³-hybridized carbons (Fsp3) is 0.222. The third kappa shape index (κ3) is 4.00. The third-order valence-corrected chi connectivity index (χ3v) is 6.08. The predicted molar refractivity (Wildman–Crippen MR) is 128 cm³/mol. The SMILES string of the molecule is CCc1cccc(CC)c1NC(=O)CN1C(=O)NC(c2ccccc2)(c2ccccc2)C1=O. The highest BCUT2D eigenvalue weighted by Crippen LogP contribution is 2.36. The van der Waals surface area contributed by atoms with Crippen molar-refractivity contribution in [2.45, 2.75) is 32.2 Å². The van der Waals surface area contributed by atoms with Crippen LogP contribution in [0, 0.1) is 0 Å². The molecule has 0 unspecified atom stereocenters. The molecule has 1 aliphatic rings. The molecular formula is C27H27N3O3. The van der Waals surface area contributed by atoms with Crippen LogP contribution < -0.4 is 10.6 Å². The second kappa shape index (κ2) is 9.28. The number of para-hydroxylation sites is 1. The molecule has 3 aromatic rings. The number of carbonyl (C=O) groups is 3. The van der Waals surface area contributed by atoms with Gasteiger partial charge in [0, 0.05) is 5.69 Å². The van der Waals surface area contributed by atoms with Crippen LogP contribution in [0.2, 0.25) is 0 Å². The molecule has 6 nitrogen and oxygen atoms in total. The minimum absolute atomic E-state index is 0.368. The summed E-state index contributed by atoms with van der Waals surface area (Å²) in [4.78, 5) is 40.7. The van der Waals surface area contributed by atoms with Crippen molar-refractivity contribution in [1.29, 1.82) is 0 Å². The van der Waals surface area contributed by atoms with Gasteiger partial charge in [-0.15, -0.1) is 0 Å². The number of benzene rings is 3. The van der Waals surface area contributed by atoms with E-state index in [-0.39, 0.29) is 6.54 Å². The number of carbonyl (C=O) groups excluding carboxylic acids is 3. The standard InChI is InChI=1S/C27H27N3O3/c1-3-19-12-11-13-20(4-2)24(19)28-23(31)18-30-25(32)27(29-26(30)33,21-14-7-5-8-15-21)22-16-9-6-10-17-22/h5-17H,3-4,18H2,1-2H3,(H,28,31)(H,29,33). The van der Waals surface area contributed by atoms with Crippen LogP contribution in [0.4, 0.5) is 10.5 Å². The fourth-order valence-electron chi connectivity index (χ4n) is 4.38. The summed E-state index contributed by atoms with van der Waals surface area (Å²) in [5.41, 5.74) is 2.70. The van der Waals surface area contributed by atoms with Gasteiger partial charge in [-0.1, -0.05) is 92.7 Å². The number of anilines is 1.